The quantitative estimate of drug-likeness (QED) is 0.442. The van der Waals surface area contributed by atoms with Crippen molar-refractivity contribution in [1.82, 2.24) is 25.0 Å². The van der Waals surface area contributed by atoms with E-state index in [9.17, 15) is 4.79 Å². The summed E-state index contributed by atoms with van der Waals surface area (Å²) in [6.07, 6.45) is 3.39. The number of piperazine rings is 1. The van der Waals surface area contributed by atoms with Crippen LogP contribution in [0.5, 0.6) is 0 Å². The third-order valence-electron chi connectivity index (χ3n) is 6.24. The van der Waals surface area contributed by atoms with Gasteiger partial charge in [0, 0.05) is 63.0 Å². The molecule has 3 aromatic heterocycles. The fraction of sp³-hybridized carbons (Fsp3) is 0.320. The van der Waals surface area contributed by atoms with Crippen molar-refractivity contribution >= 4 is 40.2 Å². The summed E-state index contributed by atoms with van der Waals surface area (Å²) in [5.74, 6) is 2.21. The predicted octanol–water partition coefficient (Wildman–Crippen LogP) is 4.23. The van der Waals surface area contributed by atoms with Gasteiger partial charge in [-0.05, 0) is 43.2 Å². The van der Waals surface area contributed by atoms with Gasteiger partial charge in [0.25, 0.3) is 0 Å². The standard InChI is InChI=1S/C25H26ClN7O2/c1-15-23(16(2)35-31-15)19-4-5-22-21(11-19)24(28-13-18-10-20(26)14-27-12-18)30-25(29-22)33-8-6-32(7-9-33)17(3)34/h4-5,10-12,14H,6-9,13H2,1-3H3,(H,28,29,30). The maximum absolute atomic E-state index is 11.7. The maximum atomic E-state index is 11.7. The van der Waals surface area contributed by atoms with E-state index in [1.165, 1.54) is 0 Å². The Bertz CT molecular complexity index is 1380. The molecule has 5 rings (SSSR count). The Morgan fingerprint density at radius 1 is 1.11 bits per heavy atom. The van der Waals surface area contributed by atoms with E-state index < -0.39 is 0 Å². The van der Waals surface area contributed by atoms with E-state index in [0.29, 0.717) is 49.5 Å². The Morgan fingerprint density at radius 3 is 2.60 bits per heavy atom. The molecule has 1 aliphatic rings. The molecule has 180 valence electrons. The topological polar surface area (TPSA) is 100 Å². The second-order valence-corrected chi connectivity index (χ2v) is 9.10. The van der Waals surface area contributed by atoms with Gasteiger partial charge in [-0.3, -0.25) is 9.78 Å². The molecule has 0 atom stereocenters. The molecule has 0 spiro atoms. The van der Waals surface area contributed by atoms with Gasteiger partial charge in [0.1, 0.15) is 11.6 Å². The zero-order chi connectivity index (χ0) is 24.5. The van der Waals surface area contributed by atoms with Crippen LogP contribution < -0.4 is 10.2 Å². The van der Waals surface area contributed by atoms with E-state index in [4.69, 9.17) is 26.1 Å². The van der Waals surface area contributed by atoms with Crippen LogP contribution in [0.4, 0.5) is 11.8 Å². The molecule has 0 aliphatic carbocycles. The third-order valence-corrected chi connectivity index (χ3v) is 6.44. The number of nitrogens with zero attached hydrogens (tertiary/aromatic N) is 6. The Morgan fingerprint density at radius 2 is 1.91 bits per heavy atom. The number of anilines is 2. The number of pyridine rings is 1. The summed E-state index contributed by atoms with van der Waals surface area (Å²) in [6, 6.07) is 7.98. The number of carbonyl (C=O) groups is 1. The van der Waals surface area contributed by atoms with Gasteiger partial charge in [-0.25, -0.2) is 4.98 Å². The minimum atomic E-state index is 0.0911. The van der Waals surface area contributed by atoms with Crippen LogP contribution in [0.1, 0.15) is 23.9 Å². The van der Waals surface area contributed by atoms with Crippen LogP contribution in [0.3, 0.4) is 0 Å². The molecule has 1 amide bonds. The first-order valence-electron chi connectivity index (χ1n) is 11.5. The zero-order valence-corrected chi connectivity index (χ0v) is 20.6. The lowest BCUT2D eigenvalue weighted by atomic mass is 10.0. The SMILES string of the molecule is CC(=O)N1CCN(c2nc(NCc3cncc(Cl)c3)c3cc(-c4c(C)noc4C)ccc3n2)CC1. The summed E-state index contributed by atoms with van der Waals surface area (Å²) in [7, 11) is 0. The van der Waals surface area contributed by atoms with Crippen LogP contribution >= 0.6 is 11.6 Å². The largest absolute Gasteiger partial charge is 0.365 e. The minimum absolute atomic E-state index is 0.0911. The zero-order valence-electron chi connectivity index (χ0n) is 19.9. The molecule has 1 N–H and O–H groups in total. The molecule has 0 radical (unpaired) electrons. The number of benzene rings is 1. The van der Waals surface area contributed by atoms with E-state index in [0.717, 1.165) is 39.0 Å². The Hall–Kier alpha value is -3.72. The molecule has 0 saturated carbocycles. The van der Waals surface area contributed by atoms with Gasteiger partial charge in [0.2, 0.25) is 11.9 Å². The fourth-order valence-corrected chi connectivity index (χ4v) is 4.60. The number of carbonyl (C=O) groups excluding carboxylic acids is 1. The van der Waals surface area contributed by atoms with E-state index >= 15 is 0 Å². The van der Waals surface area contributed by atoms with Gasteiger partial charge in [-0.2, -0.15) is 4.98 Å². The summed E-state index contributed by atoms with van der Waals surface area (Å²) in [6.45, 7) is 8.61. The average molecular weight is 492 g/mol. The Balaban J connectivity index is 1.53. The number of aromatic nitrogens is 4. The lowest BCUT2D eigenvalue weighted by molar-refractivity contribution is -0.129. The Kier molecular flexibility index (Phi) is 6.25. The molecule has 4 aromatic rings. The molecular formula is C25H26ClN7O2. The van der Waals surface area contributed by atoms with E-state index in [-0.39, 0.29) is 5.91 Å². The van der Waals surface area contributed by atoms with E-state index in [1.807, 2.05) is 36.9 Å². The number of halogens is 1. The normalized spacial score (nSPS) is 13.9. The van der Waals surface area contributed by atoms with Crippen molar-refractivity contribution in [1.29, 1.82) is 0 Å². The van der Waals surface area contributed by atoms with Gasteiger partial charge in [0.15, 0.2) is 0 Å². The van der Waals surface area contributed by atoms with Crippen molar-refractivity contribution in [3.8, 4) is 11.1 Å². The van der Waals surface area contributed by atoms with Crippen LogP contribution in [0, 0.1) is 13.8 Å². The first-order valence-corrected chi connectivity index (χ1v) is 11.9. The molecule has 1 aromatic carbocycles. The highest BCUT2D eigenvalue weighted by molar-refractivity contribution is 6.30. The molecule has 0 unspecified atom stereocenters. The molecule has 1 aliphatic heterocycles. The Labute approximate surface area is 208 Å². The van der Waals surface area contributed by atoms with Gasteiger partial charge in [-0.1, -0.05) is 22.8 Å². The summed E-state index contributed by atoms with van der Waals surface area (Å²) in [5.41, 5.74) is 4.57. The van der Waals surface area contributed by atoms with Crippen molar-refractivity contribution in [2.45, 2.75) is 27.3 Å². The van der Waals surface area contributed by atoms with E-state index in [1.54, 1.807) is 19.3 Å². The number of hydrogen-bond acceptors (Lipinski definition) is 8. The highest BCUT2D eigenvalue weighted by Gasteiger charge is 2.22. The first kappa shape index (κ1) is 23.0. The molecule has 10 heteroatoms. The number of nitrogens with one attached hydrogen (secondary N) is 1. The number of amides is 1. The van der Waals surface area contributed by atoms with Crippen LogP contribution in [0.2, 0.25) is 5.02 Å². The first-order chi connectivity index (χ1) is 16.9. The molecule has 1 saturated heterocycles. The lowest BCUT2D eigenvalue weighted by Crippen LogP contribution is -2.48. The number of hydrogen-bond donors (Lipinski definition) is 1. The van der Waals surface area contributed by atoms with Crippen molar-refractivity contribution < 1.29 is 9.32 Å². The second-order valence-electron chi connectivity index (χ2n) is 8.66. The number of rotatable bonds is 5. The van der Waals surface area contributed by atoms with Crippen LogP contribution in [0.15, 0.2) is 41.2 Å². The van der Waals surface area contributed by atoms with Crippen molar-refractivity contribution in [2.75, 3.05) is 36.4 Å². The van der Waals surface area contributed by atoms with Gasteiger partial charge >= 0.3 is 0 Å². The summed E-state index contributed by atoms with van der Waals surface area (Å²) < 4.78 is 5.38. The van der Waals surface area contributed by atoms with Crippen molar-refractivity contribution in [3.05, 3.63) is 58.7 Å². The molecule has 1 fully saturated rings. The highest BCUT2D eigenvalue weighted by atomic mass is 35.5. The van der Waals surface area contributed by atoms with Crippen LogP contribution in [-0.4, -0.2) is 57.1 Å². The van der Waals surface area contributed by atoms with E-state index in [2.05, 4.69) is 26.4 Å². The third kappa shape index (κ3) is 4.77. The van der Waals surface area contributed by atoms with Crippen molar-refractivity contribution in [3.63, 3.8) is 0 Å². The van der Waals surface area contributed by atoms with Crippen LogP contribution in [-0.2, 0) is 11.3 Å². The summed E-state index contributed by atoms with van der Waals surface area (Å²) in [5, 5.41) is 9.03. The molecule has 4 heterocycles. The second kappa shape index (κ2) is 9.50. The summed E-state index contributed by atoms with van der Waals surface area (Å²) >= 11 is 6.12. The minimum Gasteiger partial charge on any atom is -0.365 e. The monoisotopic (exact) mass is 491 g/mol. The van der Waals surface area contributed by atoms with Gasteiger partial charge < -0.3 is 19.6 Å². The molecule has 9 nitrogen and oxygen atoms in total. The highest BCUT2D eigenvalue weighted by Crippen LogP contribution is 2.32. The maximum Gasteiger partial charge on any atom is 0.228 e. The van der Waals surface area contributed by atoms with Gasteiger partial charge in [-0.15, -0.1) is 0 Å². The van der Waals surface area contributed by atoms with Crippen LogP contribution in [0.25, 0.3) is 22.0 Å². The predicted molar refractivity (Wildman–Crippen MR) is 136 cm³/mol. The number of fused-ring (bicyclic) bond motifs is 1. The van der Waals surface area contributed by atoms with Crippen molar-refractivity contribution in [2.24, 2.45) is 0 Å². The lowest BCUT2D eigenvalue weighted by Gasteiger charge is -2.34. The molecule has 35 heavy (non-hydrogen) atoms. The number of aryl methyl sites for hydroxylation is 2. The smallest absolute Gasteiger partial charge is 0.228 e. The fourth-order valence-electron chi connectivity index (χ4n) is 4.40. The molecular weight excluding hydrogens is 466 g/mol. The van der Waals surface area contributed by atoms with Gasteiger partial charge in [0.05, 0.1) is 16.2 Å². The summed E-state index contributed by atoms with van der Waals surface area (Å²) in [4.78, 5) is 29.6. The average Bonchev–Trinajstić information content (AvgIpc) is 3.20. The molecule has 0 bridgehead atoms.